The van der Waals surface area contributed by atoms with Crippen molar-refractivity contribution in [1.29, 1.82) is 0 Å². The average molecular weight is 378 g/mol. The van der Waals surface area contributed by atoms with Gasteiger partial charge in [0.15, 0.2) is 0 Å². The zero-order valence-corrected chi connectivity index (χ0v) is 14.7. The molecule has 1 atom stereocenters. The molecule has 0 amide bonds. The van der Waals surface area contributed by atoms with Gasteiger partial charge < -0.3 is 9.47 Å². The summed E-state index contributed by atoms with van der Waals surface area (Å²) in [6, 6.07) is 15.5. The topological polar surface area (TPSA) is 104 Å². The van der Waals surface area contributed by atoms with Gasteiger partial charge in [-0.3, -0.25) is 9.59 Å². The number of hydrogen-bond donors (Lipinski definition) is 0. The van der Waals surface area contributed by atoms with Gasteiger partial charge in [0.05, 0.1) is 5.56 Å². The minimum atomic E-state index is -1.71. The zero-order valence-electron chi connectivity index (χ0n) is 14.7. The van der Waals surface area contributed by atoms with Crippen LogP contribution in [-0.2, 0) is 23.9 Å². The number of carbonyl (C=O) groups is 5. The Morgan fingerprint density at radius 2 is 1.36 bits per heavy atom. The Morgan fingerprint density at radius 1 is 0.821 bits per heavy atom. The van der Waals surface area contributed by atoms with Crippen molar-refractivity contribution in [2.45, 2.75) is 13.0 Å². The van der Waals surface area contributed by atoms with E-state index in [9.17, 15) is 24.0 Å². The Hall–Kier alpha value is -4.05. The van der Waals surface area contributed by atoms with Crippen LogP contribution in [0.5, 0.6) is 0 Å². The number of Topliss-reactive ketones (excluding diaryl/α,β-unsaturated/α-hetero) is 2. The molecule has 2 aromatic rings. The molecule has 0 aliphatic carbocycles. The molecule has 0 saturated carbocycles. The highest BCUT2D eigenvalue weighted by Gasteiger charge is 2.24. The van der Waals surface area contributed by atoms with Crippen molar-refractivity contribution in [3.63, 3.8) is 0 Å². The molecule has 0 radical (unpaired) electrons. The minimum Gasteiger partial charge on any atom is -0.435 e. The van der Waals surface area contributed by atoms with Crippen molar-refractivity contribution in [2.24, 2.45) is 0 Å². The van der Waals surface area contributed by atoms with E-state index >= 15 is 0 Å². The highest BCUT2D eigenvalue weighted by atomic mass is 16.6. The van der Waals surface area contributed by atoms with E-state index < -0.39 is 35.6 Å². The monoisotopic (exact) mass is 378 g/mol. The van der Waals surface area contributed by atoms with Gasteiger partial charge in [-0.1, -0.05) is 48.5 Å². The van der Waals surface area contributed by atoms with Crippen LogP contribution in [0.25, 0.3) is 0 Å². The number of benzene rings is 2. The fraction of sp³-hybridized carbons (Fsp3) is 0.0952. The van der Waals surface area contributed by atoms with E-state index in [1.807, 2.05) is 5.92 Å². The standard InChI is InChI=1S/C21H14O7/c1-14(22)20(25)27-17(19(24)15-8-4-2-5-9-15)12-13-18(23)28-21(26)16-10-6-3-7-11-16/h2-11,17H,1H3. The van der Waals surface area contributed by atoms with Gasteiger partial charge >= 0.3 is 17.9 Å². The van der Waals surface area contributed by atoms with E-state index in [1.54, 1.807) is 36.4 Å². The highest BCUT2D eigenvalue weighted by molar-refractivity contribution is 6.33. The largest absolute Gasteiger partial charge is 0.435 e. The number of ether oxygens (including phenoxy) is 2. The summed E-state index contributed by atoms with van der Waals surface area (Å²) in [6.07, 6.45) is -1.71. The number of hydrogen-bond acceptors (Lipinski definition) is 7. The van der Waals surface area contributed by atoms with Gasteiger partial charge in [-0.2, -0.15) is 0 Å². The van der Waals surface area contributed by atoms with E-state index in [1.165, 1.54) is 24.3 Å². The van der Waals surface area contributed by atoms with Crippen LogP contribution in [-0.4, -0.2) is 35.6 Å². The van der Waals surface area contributed by atoms with Crippen molar-refractivity contribution in [2.75, 3.05) is 0 Å². The summed E-state index contributed by atoms with van der Waals surface area (Å²) in [7, 11) is 0. The van der Waals surface area contributed by atoms with Gasteiger partial charge in [0.1, 0.15) is 0 Å². The second-order valence-electron chi connectivity index (χ2n) is 5.38. The first-order valence-electron chi connectivity index (χ1n) is 8.02. The van der Waals surface area contributed by atoms with E-state index in [4.69, 9.17) is 4.74 Å². The molecule has 140 valence electrons. The third-order valence-corrected chi connectivity index (χ3v) is 3.31. The summed E-state index contributed by atoms with van der Waals surface area (Å²) in [6.45, 7) is 0.965. The fourth-order valence-corrected chi connectivity index (χ4v) is 1.96. The van der Waals surface area contributed by atoms with Gasteiger partial charge in [0.2, 0.25) is 17.7 Å². The molecule has 0 aromatic heterocycles. The van der Waals surface area contributed by atoms with E-state index in [0.29, 0.717) is 0 Å². The smallest absolute Gasteiger partial charge is 0.392 e. The molecular formula is C21H14O7. The molecule has 0 bridgehead atoms. The van der Waals surface area contributed by atoms with Crippen LogP contribution >= 0.6 is 0 Å². The lowest BCUT2D eigenvalue weighted by Crippen LogP contribution is -2.29. The predicted octanol–water partition coefficient (Wildman–Crippen LogP) is 1.76. The molecular weight excluding hydrogens is 364 g/mol. The van der Waals surface area contributed by atoms with Crippen LogP contribution in [0.1, 0.15) is 27.6 Å². The van der Waals surface area contributed by atoms with Gasteiger partial charge in [-0.25, -0.2) is 14.4 Å². The molecule has 7 nitrogen and oxygen atoms in total. The van der Waals surface area contributed by atoms with Gasteiger partial charge in [-0.05, 0) is 18.1 Å². The third kappa shape index (κ3) is 5.75. The van der Waals surface area contributed by atoms with Crippen molar-refractivity contribution in [3.05, 3.63) is 71.8 Å². The SMILES string of the molecule is CC(=O)C(=O)OC(C#CC(=O)OC(=O)c1ccccc1)C(=O)c1ccccc1. The van der Waals surface area contributed by atoms with E-state index in [2.05, 4.69) is 10.7 Å². The molecule has 1 unspecified atom stereocenters. The summed E-state index contributed by atoms with van der Waals surface area (Å²) >= 11 is 0. The Balaban J connectivity index is 2.17. The number of carbonyl (C=O) groups excluding carboxylic acids is 5. The zero-order chi connectivity index (χ0) is 20.5. The number of ketones is 2. The molecule has 0 aliphatic rings. The second-order valence-corrected chi connectivity index (χ2v) is 5.38. The maximum Gasteiger partial charge on any atom is 0.392 e. The van der Waals surface area contributed by atoms with Crippen molar-refractivity contribution >= 4 is 29.5 Å². The first-order valence-corrected chi connectivity index (χ1v) is 8.02. The van der Waals surface area contributed by atoms with Crippen molar-refractivity contribution < 1.29 is 33.4 Å². The summed E-state index contributed by atoms with van der Waals surface area (Å²) in [5, 5.41) is 0. The lowest BCUT2D eigenvalue weighted by molar-refractivity contribution is -0.153. The maximum absolute atomic E-state index is 12.4. The Morgan fingerprint density at radius 3 is 1.89 bits per heavy atom. The normalized spacial score (nSPS) is 10.6. The Bertz CT molecular complexity index is 966. The Kier molecular flexibility index (Phi) is 6.94. The van der Waals surface area contributed by atoms with Gasteiger partial charge in [-0.15, -0.1) is 0 Å². The molecule has 0 heterocycles. The van der Waals surface area contributed by atoms with Gasteiger partial charge in [0, 0.05) is 18.4 Å². The first kappa shape index (κ1) is 20.3. The lowest BCUT2D eigenvalue weighted by atomic mass is 10.1. The van der Waals surface area contributed by atoms with E-state index in [-0.39, 0.29) is 11.1 Å². The molecule has 7 heteroatoms. The number of esters is 3. The molecule has 0 spiro atoms. The second kappa shape index (κ2) is 9.59. The predicted molar refractivity (Wildman–Crippen MR) is 96.0 cm³/mol. The molecule has 0 aliphatic heterocycles. The summed E-state index contributed by atoms with van der Waals surface area (Å²) < 4.78 is 9.32. The summed E-state index contributed by atoms with van der Waals surface area (Å²) in [4.78, 5) is 58.7. The third-order valence-electron chi connectivity index (χ3n) is 3.31. The van der Waals surface area contributed by atoms with Gasteiger partial charge in [0.25, 0.3) is 0 Å². The summed E-state index contributed by atoms with van der Waals surface area (Å²) in [5.41, 5.74) is 0.296. The quantitative estimate of drug-likeness (QED) is 0.195. The molecule has 28 heavy (non-hydrogen) atoms. The summed E-state index contributed by atoms with van der Waals surface area (Å²) in [5.74, 6) is -1.03. The van der Waals surface area contributed by atoms with Crippen LogP contribution in [0.15, 0.2) is 60.7 Å². The van der Waals surface area contributed by atoms with Crippen LogP contribution < -0.4 is 0 Å². The fourth-order valence-electron chi connectivity index (χ4n) is 1.96. The molecule has 0 saturated heterocycles. The number of rotatable bonds is 5. The molecule has 2 rings (SSSR count). The van der Waals surface area contributed by atoms with Crippen molar-refractivity contribution in [1.82, 2.24) is 0 Å². The Labute approximate surface area is 160 Å². The minimum absolute atomic E-state index is 0.137. The average Bonchev–Trinajstić information content (AvgIpc) is 2.71. The molecule has 0 fully saturated rings. The van der Waals surface area contributed by atoms with Crippen LogP contribution in [0.3, 0.4) is 0 Å². The lowest BCUT2D eigenvalue weighted by Gasteiger charge is -2.10. The highest BCUT2D eigenvalue weighted by Crippen LogP contribution is 2.07. The van der Waals surface area contributed by atoms with Crippen molar-refractivity contribution in [3.8, 4) is 11.8 Å². The molecule has 0 N–H and O–H groups in total. The van der Waals surface area contributed by atoms with Crippen LogP contribution in [0.4, 0.5) is 0 Å². The first-order chi connectivity index (χ1) is 13.4. The van der Waals surface area contributed by atoms with Crippen LogP contribution in [0, 0.1) is 11.8 Å². The maximum atomic E-state index is 12.4. The molecule has 2 aromatic carbocycles. The van der Waals surface area contributed by atoms with Crippen LogP contribution in [0.2, 0.25) is 0 Å². The van der Waals surface area contributed by atoms with E-state index in [0.717, 1.165) is 6.92 Å².